The van der Waals surface area contributed by atoms with Crippen molar-refractivity contribution in [3.8, 4) is 0 Å². The number of carbonyl (C=O) groups is 3. The zero-order chi connectivity index (χ0) is 13.7. The van der Waals surface area contributed by atoms with E-state index in [1.54, 1.807) is 19.1 Å². The summed E-state index contributed by atoms with van der Waals surface area (Å²) in [5.74, 6) is -0.705. The van der Waals surface area contributed by atoms with Crippen LogP contribution in [0, 0.1) is 0 Å². The third kappa shape index (κ3) is 3.04. The van der Waals surface area contributed by atoms with Gasteiger partial charge in [-0.15, -0.1) is 0 Å². The number of ether oxygens (including phenoxy) is 1. The number of rotatable bonds is 5. The SMILES string of the molecule is CCOC(=O)c1cccc(C(Br)C(C)=O)c1C=O. The molecule has 0 aliphatic rings. The molecule has 0 amide bonds. The Morgan fingerprint density at radius 1 is 1.44 bits per heavy atom. The molecule has 0 N–H and O–H groups in total. The molecule has 0 aliphatic heterocycles. The summed E-state index contributed by atoms with van der Waals surface area (Å²) in [6, 6.07) is 4.75. The van der Waals surface area contributed by atoms with Crippen LogP contribution in [0.1, 0.15) is 45.0 Å². The number of aldehydes is 1. The molecule has 0 aromatic heterocycles. The third-order valence-corrected chi connectivity index (χ3v) is 3.52. The first-order chi connectivity index (χ1) is 8.52. The fourth-order valence-electron chi connectivity index (χ4n) is 1.54. The molecule has 1 aromatic rings. The largest absolute Gasteiger partial charge is 0.462 e. The van der Waals surface area contributed by atoms with E-state index in [4.69, 9.17) is 4.74 Å². The van der Waals surface area contributed by atoms with Crippen LogP contribution in [0.3, 0.4) is 0 Å². The first-order valence-electron chi connectivity index (χ1n) is 5.42. The van der Waals surface area contributed by atoms with Gasteiger partial charge in [0.1, 0.15) is 5.78 Å². The van der Waals surface area contributed by atoms with E-state index in [0.29, 0.717) is 11.8 Å². The number of carbonyl (C=O) groups excluding carboxylic acids is 3. The smallest absolute Gasteiger partial charge is 0.338 e. The van der Waals surface area contributed by atoms with Crippen molar-refractivity contribution in [2.45, 2.75) is 18.7 Å². The van der Waals surface area contributed by atoms with Gasteiger partial charge in [-0.2, -0.15) is 0 Å². The predicted octanol–water partition coefficient (Wildman–Crippen LogP) is 2.70. The quantitative estimate of drug-likeness (QED) is 0.476. The van der Waals surface area contributed by atoms with Crippen LogP contribution in [0.15, 0.2) is 18.2 Å². The summed E-state index contributed by atoms with van der Waals surface area (Å²) in [6.45, 7) is 3.32. The molecule has 1 atom stereocenters. The van der Waals surface area contributed by atoms with E-state index in [1.807, 2.05) is 0 Å². The average molecular weight is 313 g/mol. The Balaban J connectivity index is 3.30. The second-order valence-corrected chi connectivity index (χ2v) is 4.54. The zero-order valence-corrected chi connectivity index (χ0v) is 11.7. The minimum absolute atomic E-state index is 0.140. The summed E-state index contributed by atoms with van der Waals surface area (Å²) in [7, 11) is 0. The van der Waals surface area contributed by atoms with Gasteiger partial charge in [-0.05, 0) is 25.5 Å². The lowest BCUT2D eigenvalue weighted by Crippen LogP contribution is -2.12. The van der Waals surface area contributed by atoms with Crippen LogP contribution in [0.25, 0.3) is 0 Å². The maximum atomic E-state index is 11.7. The van der Waals surface area contributed by atoms with E-state index in [9.17, 15) is 14.4 Å². The highest BCUT2D eigenvalue weighted by atomic mass is 79.9. The molecule has 0 fully saturated rings. The van der Waals surface area contributed by atoms with Gasteiger partial charge in [0.05, 0.1) is 17.0 Å². The van der Waals surface area contributed by atoms with Gasteiger partial charge < -0.3 is 4.74 Å². The van der Waals surface area contributed by atoms with Gasteiger partial charge in [0.15, 0.2) is 6.29 Å². The molecule has 1 aromatic carbocycles. The molecule has 5 heteroatoms. The lowest BCUT2D eigenvalue weighted by Gasteiger charge is -2.12. The van der Waals surface area contributed by atoms with E-state index in [1.165, 1.54) is 13.0 Å². The van der Waals surface area contributed by atoms with Crippen LogP contribution in [0.2, 0.25) is 0 Å². The molecule has 0 saturated carbocycles. The van der Waals surface area contributed by atoms with Crippen LogP contribution in [0.5, 0.6) is 0 Å². The van der Waals surface area contributed by atoms with Crippen molar-refractivity contribution >= 4 is 34.0 Å². The van der Waals surface area contributed by atoms with Crippen molar-refractivity contribution in [1.29, 1.82) is 0 Å². The maximum Gasteiger partial charge on any atom is 0.338 e. The highest BCUT2D eigenvalue weighted by molar-refractivity contribution is 9.09. The molecule has 96 valence electrons. The molecule has 0 heterocycles. The predicted molar refractivity (Wildman–Crippen MR) is 70.1 cm³/mol. The highest BCUT2D eigenvalue weighted by Crippen LogP contribution is 2.28. The molecular formula is C13H13BrO4. The summed E-state index contributed by atoms with van der Waals surface area (Å²) >= 11 is 3.20. The fourth-order valence-corrected chi connectivity index (χ4v) is 1.94. The van der Waals surface area contributed by atoms with Gasteiger partial charge in [-0.3, -0.25) is 9.59 Å². The number of alkyl halides is 1. The Morgan fingerprint density at radius 3 is 2.61 bits per heavy atom. The Hall–Kier alpha value is -1.49. The lowest BCUT2D eigenvalue weighted by molar-refractivity contribution is -0.116. The van der Waals surface area contributed by atoms with Gasteiger partial charge in [0.25, 0.3) is 0 Å². The maximum absolute atomic E-state index is 11.7. The Morgan fingerprint density at radius 2 is 2.11 bits per heavy atom. The third-order valence-electron chi connectivity index (χ3n) is 2.38. The molecule has 0 aliphatic carbocycles. The normalized spacial score (nSPS) is 11.7. The van der Waals surface area contributed by atoms with E-state index < -0.39 is 10.8 Å². The lowest BCUT2D eigenvalue weighted by atomic mass is 9.98. The van der Waals surface area contributed by atoms with Gasteiger partial charge in [0, 0.05) is 5.56 Å². The Labute approximate surface area is 113 Å². The van der Waals surface area contributed by atoms with Crippen molar-refractivity contribution in [3.05, 3.63) is 34.9 Å². The number of ketones is 1. The van der Waals surface area contributed by atoms with Crippen molar-refractivity contribution < 1.29 is 19.1 Å². The Bertz CT molecular complexity index is 482. The highest BCUT2D eigenvalue weighted by Gasteiger charge is 2.21. The molecule has 0 saturated heterocycles. The second kappa shape index (κ2) is 6.44. The topological polar surface area (TPSA) is 60.4 Å². The number of Topliss-reactive ketones (excluding diaryl/α,β-unsaturated/α-hetero) is 1. The molecule has 1 rings (SSSR count). The Kier molecular flexibility index (Phi) is 5.22. The fraction of sp³-hybridized carbons (Fsp3) is 0.308. The first kappa shape index (κ1) is 14.6. The van der Waals surface area contributed by atoms with Crippen molar-refractivity contribution in [3.63, 3.8) is 0 Å². The monoisotopic (exact) mass is 312 g/mol. The van der Waals surface area contributed by atoms with Gasteiger partial charge >= 0.3 is 5.97 Å². The van der Waals surface area contributed by atoms with Gasteiger partial charge in [0.2, 0.25) is 0 Å². The molecule has 1 unspecified atom stereocenters. The molecule has 0 bridgehead atoms. The van der Waals surface area contributed by atoms with E-state index in [2.05, 4.69) is 15.9 Å². The number of benzene rings is 1. The van der Waals surface area contributed by atoms with Crippen LogP contribution >= 0.6 is 15.9 Å². The molecule has 0 spiro atoms. The van der Waals surface area contributed by atoms with Crippen molar-refractivity contribution in [1.82, 2.24) is 0 Å². The molecule has 18 heavy (non-hydrogen) atoms. The minimum Gasteiger partial charge on any atom is -0.462 e. The summed E-state index contributed by atoms with van der Waals surface area (Å²) in [6.07, 6.45) is 0.568. The summed E-state index contributed by atoms with van der Waals surface area (Å²) < 4.78 is 4.87. The van der Waals surface area contributed by atoms with Crippen molar-refractivity contribution in [2.75, 3.05) is 6.61 Å². The number of hydrogen-bond acceptors (Lipinski definition) is 4. The van der Waals surface area contributed by atoms with E-state index >= 15 is 0 Å². The van der Waals surface area contributed by atoms with E-state index in [0.717, 1.165) is 0 Å². The first-order valence-corrected chi connectivity index (χ1v) is 6.34. The van der Waals surface area contributed by atoms with Crippen LogP contribution < -0.4 is 0 Å². The molecular weight excluding hydrogens is 300 g/mol. The zero-order valence-electron chi connectivity index (χ0n) is 10.1. The number of esters is 1. The summed E-state index contributed by atoms with van der Waals surface area (Å²) in [5, 5.41) is 0. The standard InChI is InChI=1S/C13H13BrO4/c1-3-18-13(17)10-6-4-5-9(11(10)7-15)12(14)8(2)16/h4-7,12H,3H2,1-2H3. The second-order valence-electron chi connectivity index (χ2n) is 3.62. The summed E-state index contributed by atoms with van der Waals surface area (Å²) in [5.41, 5.74) is 0.839. The van der Waals surface area contributed by atoms with Crippen LogP contribution in [0.4, 0.5) is 0 Å². The molecule has 0 radical (unpaired) electrons. The van der Waals surface area contributed by atoms with Gasteiger partial charge in [-0.1, -0.05) is 28.1 Å². The van der Waals surface area contributed by atoms with Crippen LogP contribution in [-0.4, -0.2) is 24.6 Å². The van der Waals surface area contributed by atoms with Crippen LogP contribution in [-0.2, 0) is 9.53 Å². The molecule has 4 nitrogen and oxygen atoms in total. The van der Waals surface area contributed by atoms with Gasteiger partial charge in [-0.25, -0.2) is 4.79 Å². The number of hydrogen-bond donors (Lipinski definition) is 0. The average Bonchev–Trinajstić information content (AvgIpc) is 2.36. The number of halogens is 1. The summed E-state index contributed by atoms with van der Waals surface area (Å²) in [4.78, 5) is 33.6. The minimum atomic E-state index is -0.605. The van der Waals surface area contributed by atoms with Crippen molar-refractivity contribution in [2.24, 2.45) is 0 Å². The van der Waals surface area contributed by atoms with E-state index in [-0.39, 0.29) is 23.5 Å².